The predicted octanol–water partition coefficient (Wildman–Crippen LogP) is 5.48. The molecule has 3 aromatic heterocycles. The van der Waals surface area contributed by atoms with Gasteiger partial charge in [0.1, 0.15) is 23.6 Å². The molecule has 0 bridgehead atoms. The van der Waals surface area contributed by atoms with Crippen molar-refractivity contribution in [1.82, 2.24) is 25.1 Å². The van der Waals surface area contributed by atoms with Gasteiger partial charge in [-0.3, -0.25) is 4.68 Å². The number of aromatic nitrogens is 4. The van der Waals surface area contributed by atoms with Gasteiger partial charge in [-0.2, -0.15) is 5.10 Å². The lowest BCUT2D eigenvalue weighted by molar-refractivity contribution is 0.484. The van der Waals surface area contributed by atoms with Gasteiger partial charge in [0, 0.05) is 35.5 Å². The average molecular weight is 439 g/mol. The number of benzene rings is 2. The van der Waals surface area contributed by atoms with Crippen LogP contribution in [0.3, 0.4) is 0 Å². The van der Waals surface area contributed by atoms with Crippen LogP contribution in [0.15, 0.2) is 77.6 Å². The number of rotatable bonds is 4. The van der Waals surface area contributed by atoms with Gasteiger partial charge in [-0.15, -0.1) is 0 Å². The molecular formula is C26H22FN5O. The average Bonchev–Trinajstić information content (AvgIpc) is 3.58. The van der Waals surface area contributed by atoms with Crippen LogP contribution in [0.4, 0.5) is 4.39 Å². The van der Waals surface area contributed by atoms with E-state index in [-0.39, 0.29) is 11.9 Å². The molecule has 2 unspecified atom stereocenters. The van der Waals surface area contributed by atoms with Crippen LogP contribution in [0, 0.1) is 5.82 Å². The van der Waals surface area contributed by atoms with E-state index < -0.39 is 0 Å². The van der Waals surface area contributed by atoms with Crippen molar-refractivity contribution in [2.45, 2.75) is 25.4 Å². The summed E-state index contributed by atoms with van der Waals surface area (Å²) in [6.45, 7) is 3.03. The van der Waals surface area contributed by atoms with Gasteiger partial charge in [0.25, 0.3) is 0 Å². The SMILES string of the molecule is CC1CC(n2cc(-c3ncnc4oc(-c5ccccc5)cc34)c(-c3ccc(F)cc3)n2)CN1. The van der Waals surface area contributed by atoms with Crippen molar-refractivity contribution < 1.29 is 8.81 Å². The first-order chi connectivity index (χ1) is 16.2. The summed E-state index contributed by atoms with van der Waals surface area (Å²) in [7, 11) is 0. The smallest absolute Gasteiger partial charge is 0.230 e. The molecule has 33 heavy (non-hydrogen) atoms. The van der Waals surface area contributed by atoms with Crippen LogP contribution in [0.5, 0.6) is 0 Å². The van der Waals surface area contributed by atoms with E-state index in [9.17, 15) is 4.39 Å². The van der Waals surface area contributed by atoms with Gasteiger partial charge in [-0.05, 0) is 43.7 Å². The standard InChI is InChI=1S/C26H22FN5O/c1-16-11-20(13-28-16)32-14-22(24(31-32)18-7-9-19(27)10-8-18)25-21-12-23(17-5-3-2-4-6-17)33-26(21)30-15-29-25/h2-10,12,14-16,20,28H,11,13H2,1H3. The number of nitrogens with one attached hydrogen (secondary N) is 1. The zero-order valence-corrected chi connectivity index (χ0v) is 18.1. The molecule has 2 atom stereocenters. The third-order valence-corrected chi connectivity index (χ3v) is 6.19. The van der Waals surface area contributed by atoms with E-state index in [2.05, 4.69) is 22.2 Å². The summed E-state index contributed by atoms with van der Waals surface area (Å²) in [6.07, 6.45) is 4.55. The normalized spacial score (nSPS) is 18.2. The Labute approximate surface area is 190 Å². The molecule has 7 heteroatoms. The van der Waals surface area contributed by atoms with Crippen molar-refractivity contribution in [3.8, 4) is 33.8 Å². The Morgan fingerprint density at radius 3 is 2.58 bits per heavy atom. The van der Waals surface area contributed by atoms with Crippen LogP contribution >= 0.6 is 0 Å². The summed E-state index contributed by atoms with van der Waals surface area (Å²) >= 11 is 0. The highest BCUT2D eigenvalue weighted by Gasteiger charge is 2.26. The molecule has 1 N–H and O–H groups in total. The lowest BCUT2D eigenvalue weighted by Crippen LogP contribution is -2.17. The molecule has 6 nitrogen and oxygen atoms in total. The molecule has 0 aliphatic carbocycles. The van der Waals surface area contributed by atoms with Crippen molar-refractivity contribution in [2.24, 2.45) is 0 Å². The molecule has 1 aliphatic rings. The van der Waals surface area contributed by atoms with Gasteiger partial charge in [0.15, 0.2) is 0 Å². The maximum absolute atomic E-state index is 13.6. The van der Waals surface area contributed by atoms with Crippen LogP contribution in [0.25, 0.3) is 44.9 Å². The summed E-state index contributed by atoms with van der Waals surface area (Å²) in [5.74, 6) is 0.456. The first-order valence-corrected chi connectivity index (χ1v) is 11.0. The fourth-order valence-corrected chi connectivity index (χ4v) is 4.50. The summed E-state index contributed by atoms with van der Waals surface area (Å²) < 4.78 is 21.7. The van der Waals surface area contributed by atoms with Gasteiger partial charge in [-0.25, -0.2) is 14.4 Å². The third kappa shape index (κ3) is 3.60. The molecule has 1 aliphatic heterocycles. The minimum atomic E-state index is -0.277. The summed E-state index contributed by atoms with van der Waals surface area (Å²) in [6, 6.07) is 19.0. The van der Waals surface area contributed by atoms with E-state index in [4.69, 9.17) is 9.52 Å². The quantitative estimate of drug-likeness (QED) is 0.401. The van der Waals surface area contributed by atoms with Crippen LogP contribution in [-0.2, 0) is 0 Å². The van der Waals surface area contributed by atoms with Crippen molar-refractivity contribution in [3.63, 3.8) is 0 Å². The second-order valence-electron chi connectivity index (χ2n) is 8.49. The zero-order valence-electron chi connectivity index (χ0n) is 18.1. The Morgan fingerprint density at radius 1 is 1.00 bits per heavy atom. The van der Waals surface area contributed by atoms with Crippen molar-refractivity contribution in [3.05, 3.63) is 79.0 Å². The molecule has 0 amide bonds. The molecule has 1 saturated heterocycles. The monoisotopic (exact) mass is 439 g/mol. The second kappa shape index (κ2) is 7.94. The number of hydrogen-bond donors (Lipinski definition) is 1. The van der Waals surface area contributed by atoms with Crippen LogP contribution in [0.2, 0.25) is 0 Å². The Morgan fingerprint density at radius 2 is 1.82 bits per heavy atom. The fraction of sp³-hybridized carbons (Fsp3) is 0.192. The largest absolute Gasteiger partial charge is 0.438 e. The number of fused-ring (bicyclic) bond motifs is 1. The predicted molar refractivity (Wildman–Crippen MR) is 125 cm³/mol. The fourth-order valence-electron chi connectivity index (χ4n) is 4.50. The van der Waals surface area contributed by atoms with E-state index in [1.807, 2.05) is 47.3 Å². The minimum absolute atomic E-state index is 0.245. The van der Waals surface area contributed by atoms with Crippen molar-refractivity contribution in [1.29, 1.82) is 0 Å². The third-order valence-electron chi connectivity index (χ3n) is 6.19. The lowest BCUT2D eigenvalue weighted by atomic mass is 10.0. The summed E-state index contributed by atoms with van der Waals surface area (Å²) in [4.78, 5) is 8.99. The molecular weight excluding hydrogens is 417 g/mol. The first-order valence-electron chi connectivity index (χ1n) is 11.0. The van der Waals surface area contributed by atoms with Crippen LogP contribution < -0.4 is 5.32 Å². The maximum atomic E-state index is 13.6. The molecule has 1 fully saturated rings. The molecule has 0 spiro atoms. The first kappa shape index (κ1) is 19.8. The van der Waals surface area contributed by atoms with E-state index >= 15 is 0 Å². The molecule has 2 aromatic carbocycles. The Balaban J connectivity index is 1.52. The summed E-state index contributed by atoms with van der Waals surface area (Å²) in [5.41, 5.74) is 4.71. The van der Waals surface area contributed by atoms with Gasteiger partial charge >= 0.3 is 0 Å². The number of nitrogens with zero attached hydrogens (tertiary/aromatic N) is 4. The number of furan rings is 1. The second-order valence-corrected chi connectivity index (χ2v) is 8.49. The topological polar surface area (TPSA) is 68.8 Å². The lowest BCUT2D eigenvalue weighted by Gasteiger charge is -2.08. The van der Waals surface area contributed by atoms with Crippen molar-refractivity contribution in [2.75, 3.05) is 6.54 Å². The van der Waals surface area contributed by atoms with E-state index in [1.165, 1.54) is 18.5 Å². The van der Waals surface area contributed by atoms with Gasteiger partial charge in [-0.1, -0.05) is 30.3 Å². The van der Waals surface area contributed by atoms with Gasteiger partial charge < -0.3 is 9.73 Å². The Bertz CT molecular complexity index is 1420. The van der Waals surface area contributed by atoms with E-state index in [1.54, 1.807) is 12.1 Å². The molecule has 6 rings (SSSR count). The minimum Gasteiger partial charge on any atom is -0.438 e. The number of hydrogen-bond acceptors (Lipinski definition) is 5. The Kier molecular flexibility index (Phi) is 4.77. The molecule has 4 heterocycles. The van der Waals surface area contributed by atoms with E-state index in [0.29, 0.717) is 11.8 Å². The highest BCUT2D eigenvalue weighted by molar-refractivity contribution is 5.95. The maximum Gasteiger partial charge on any atom is 0.230 e. The van der Waals surface area contributed by atoms with Gasteiger partial charge in [0.05, 0.1) is 17.1 Å². The molecule has 5 aromatic rings. The molecule has 0 radical (unpaired) electrons. The van der Waals surface area contributed by atoms with Crippen molar-refractivity contribution >= 4 is 11.1 Å². The van der Waals surface area contributed by atoms with E-state index in [0.717, 1.165) is 52.2 Å². The van der Waals surface area contributed by atoms with Gasteiger partial charge in [0.2, 0.25) is 5.71 Å². The van der Waals surface area contributed by atoms with Crippen LogP contribution in [-0.4, -0.2) is 32.3 Å². The molecule has 164 valence electrons. The molecule has 0 saturated carbocycles. The highest BCUT2D eigenvalue weighted by Crippen LogP contribution is 2.37. The summed E-state index contributed by atoms with van der Waals surface area (Å²) in [5, 5.41) is 9.24. The highest BCUT2D eigenvalue weighted by atomic mass is 19.1. The Hall–Kier alpha value is -3.84. The van der Waals surface area contributed by atoms with Crippen LogP contribution in [0.1, 0.15) is 19.4 Å². The zero-order chi connectivity index (χ0) is 22.4. The number of halogens is 1.